The molecule has 0 aliphatic carbocycles. The summed E-state index contributed by atoms with van der Waals surface area (Å²) in [5, 5.41) is 3.27. The van der Waals surface area contributed by atoms with Crippen LogP contribution in [0.1, 0.15) is 29.4 Å². The van der Waals surface area contributed by atoms with E-state index in [2.05, 4.69) is 21.9 Å². The number of fused-ring (bicyclic) bond motifs is 3. The summed E-state index contributed by atoms with van der Waals surface area (Å²) in [6, 6.07) is 11.6. The number of rotatable bonds is 5. The quantitative estimate of drug-likeness (QED) is 0.781. The van der Waals surface area contributed by atoms with Crippen LogP contribution >= 0.6 is 11.3 Å². The van der Waals surface area contributed by atoms with Crippen molar-refractivity contribution in [3.8, 4) is 10.4 Å². The van der Waals surface area contributed by atoms with Gasteiger partial charge in [0.1, 0.15) is 0 Å². The maximum Gasteiger partial charge on any atom is 0.261 e. The number of piperidine rings is 3. The molecule has 3 fully saturated rings. The van der Waals surface area contributed by atoms with E-state index >= 15 is 0 Å². The van der Waals surface area contributed by atoms with Gasteiger partial charge >= 0.3 is 0 Å². The predicted molar refractivity (Wildman–Crippen MR) is 113 cm³/mol. The van der Waals surface area contributed by atoms with Gasteiger partial charge in [-0.1, -0.05) is 12.1 Å². The largest absolute Gasteiger partial charge is 0.347 e. The van der Waals surface area contributed by atoms with Crippen molar-refractivity contribution in [1.29, 1.82) is 0 Å². The van der Waals surface area contributed by atoms with Crippen molar-refractivity contribution in [2.75, 3.05) is 24.1 Å². The lowest BCUT2D eigenvalue weighted by atomic mass is 9.79. The van der Waals surface area contributed by atoms with Gasteiger partial charge in [-0.05, 0) is 68.6 Å². The number of hydrogen-bond donors (Lipinski definition) is 2. The summed E-state index contributed by atoms with van der Waals surface area (Å²) in [6.45, 7) is 4.50. The molecule has 3 saturated heterocycles. The van der Waals surface area contributed by atoms with Crippen LogP contribution in [0, 0.1) is 5.92 Å². The van der Waals surface area contributed by atoms with Crippen molar-refractivity contribution in [2.45, 2.75) is 31.8 Å². The van der Waals surface area contributed by atoms with Crippen LogP contribution in [-0.4, -0.2) is 50.7 Å². The highest BCUT2D eigenvalue weighted by Gasteiger charge is 2.40. The molecule has 2 bridgehead atoms. The highest BCUT2D eigenvalue weighted by Crippen LogP contribution is 2.33. The first-order chi connectivity index (χ1) is 13.3. The fraction of sp³-hybridized carbons (Fsp3) is 0.450. The molecule has 1 aromatic heterocycles. The predicted octanol–water partition coefficient (Wildman–Crippen LogP) is 3.00. The van der Waals surface area contributed by atoms with Crippen molar-refractivity contribution in [3.63, 3.8) is 0 Å². The van der Waals surface area contributed by atoms with Crippen LogP contribution in [0.3, 0.4) is 0 Å². The van der Waals surface area contributed by atoms with Crippen molar-refractivity contribution < 1.29 is 13.2 Å². The van der Waals surface area contributed by atoms with Gasteiger partial charge < -0.3 is 5.32 Å². The lowest BCUT2D eigenvalue weighted by Gasteiger charge is -2.49. The molecule has 0 spiro atoms. The molecule has 1 aromatic carbocycles. The summed E-state index contributed by atoms with van der Waals surface area (Å²) in [6.07, 6.45) is 3.46. The number of anilines is 1. The Kier molecular flexibility index (Phi) is 5.20. The highest BCUT2D eigenvalue weighted by molar-refractivity contribution is 7.92. The average molecular weight is 420 g/mol. The Bertz CT molecular complexity index is 959. The number of sulfonamides is 1. The third-order valence-corrected chi connectivity index (χ3v) is 7.52. The van der Waals surface area contributed by atoms with E-state index in [0.29, 0.717) is 22.5 Å². The summed E-state index contributed by atoms with van der Waals surface area (Å²) in [5.41, 5.74) is 1.48. The third-order valence-electron chi connectivity index (χ3n) is 5.78. The van der Waals surface area contributed by atoms with Crippen LogP contribution in [0.4, 0.5) is 5.69 Å². The smallest absolute Gasteiger partial charge is 0.261 e. The lowest BCUT2D eigenvalue weighted by molar-refractivity contribution is 0.0218. The number of carbonyl (C=O) groups excluding carboxylic acids is 1. The molecular formula is C20H25N3O3S2. The maximum atomic E-state index is 12.8. The van der Waals surface area contributed by atoms with E-state index in [1.807, 2.05) is 24.3 Å². The Balaban J connectivity index is 1.44. The molecular weight excluding hydrogens is 394 g/mol. The Morgan fingerprint density at radius 2 is 1.79 bits per heavy atom. The molecule has 4 heterocycles. The monoisotopic (exact) mass is 419 g/mol. The summed E-state index contributed by atoms with van der Waals surface area (Å²) in [5.74, 6) is 0.579. The molecule has 0 radical (unpaired) electrons. The van der Waals surface area contributed by atoms with E-state index in [1.165, 1.54) is 24.2 Å². The second-order valence-corrected chi connectivity index (χ2v) is 10.6. The molecule has 0 saturated carbocycles. The molecule has 2 aromatic rings. The first kappa shape index (κ1) is 19.4. The SMILES string of the molecule is C[C@H]1[C@H](NC(=O)c2ccc(-c3ccc(NS(C)(=O)=O)cc3)s2)C2CCN1CC2. The Hall–Kier alpha value is -1.90. The van der Waals surface area contributed by atoms with Crippen LogP contribution < -0.4 is 10.0 Å². The second-order valence-electron chi connectivity index (χ2n) is 7.73. The zero-order chi connectivity index (χ0) is 19.9. The molecule has 6 nitrogen and oxygen atoms in total. The van der Waals surface area contributed by atoms with Gasteiger partial charge in [0.05, 0.1) is 11.1 Å². The van der Waals surface area contributed by atoms with E-state index in [0.717, 1.165) is 29.8 Å². The number of hydrogen-bond acceptors (Lipinski definition) is 5. The average Bonchev–Trinajstić information content (AvgIpc) is 3.14. The van der Waals surface area contributed by atoms with Crippen molar-refractivity contribution in [2.24, 2.45) is 5.92 Å². The second kappa shape index (κ2) is 7.50. The van der Waals surface area contributed by atoms with Gasteiger partial charge in [-0.25, -0.2) is 8.42 Å². The zero-order valence-electron chi connectivity index (χ0n) is 16.0. The fourth-order valence-electron chi connectivity index (χ4n) is 4.30. The van der Waals surface area contributed by atoms with Crippen molar-refractivity contribution >= 4 is 33.0 Å². The standard InChI is InChI=1S/C20H25N3O3S2/c1-13-19(15-9-11-23(13)12-10-15)21-20(24)18-8-7-17(27-18)14-3-5-16(6-4-14)22-28(2,25)26/h3-8,13,15,19,22H,9-12H2,1-2H3,(H,21,24)/t13-,19-/m0/s1. The van der Waals surface area contributed by atoms with Gasteiger partial charge in [-0.15, -0.1) is 11.3 Å². The minimum Gasteiger partial charge on any atom is -0.347 e. The molecule has 2 atom stereocenters. The number of thiophene rings is 1. The fourth-order valence-corrected chi connectivity index (χ4v) is 5.78. The van der Waals surface area contributed by atoms with E-state index in [9.17, 15) is 13.2 Å². The van der Waals surface area contributed by atoms with Crippen LogP contribution in [0.25, 0.3) is 10.4 Å². The molecule has 2 N–H and O–H groups in total. The van der Waals surface area contributed by atoms with E-state index < -0.39 is 10.0 Å². The number of nitrogens with zero attached hydrogens (tertiary/aromatic N) is 1. The summed E-state index contributed by atoms with van der Waals surface area (Å²) in [4.78, 5) is 17.0. The van der Waals surface area contributed by atoms with E-state index in [4.69, 9.17) is 0 Å². The Morgan fingerprint density at radius 3 is 2.39 bits per heavy atom. The van der Waals surface area contributed by atoms with Gasteiger partial charge in [0, 0.05) is 22.6 Å². The minimum absolute atomic E-state index is 0.00258. The van der Waals surface area contributed by atoms with E-state index in [1.54, 1.807) is 12.1 Å². The first-order valence-corrected chi connectivity index (χ1v) is 12.2. The van der Waals surface area contributed by atoms with Gasteiger partial charge in [-0.2, -0.15) is 0 Å². The van der Waals surface area contributed by atoms with Gasteiger partial charge in [0.15, 0.2) is 0 Å². The summed E-state index contributed by atoms with van der Waals surface area (Å²) >= 11 is 1.46. The van der Waals surface area contributed by atoms with Gasteiger partial charge in [-0.3, -0.25) is 14.4 Å². The number of amides is 1. The molecule has 3 aliphatic heterocycles. The molecule has 8 heteroatoms. The summed E-state index contributed by atoms with van der Waals surface area (Å²) < 4.78 is 25.1. The normalized spacial score (nSPS) is 26.8. The Labute approximate surface area is 170 Å². The summed E-state index contributed by atoms with van der Waals surface area (Å²) in [7, 11) is -3.29. The number of carbonyl (C=O) groups is 1. The van der Waals surface area contributed by atoms with Crippen LogP contribution in [0.5, 0.6) is 0 Å². The zero-order valence-corrected chi connectivity index (χ0v) is 17.6. The molecule has 150 valence electrons. The molecule has 5 rings (SSSR count). The van der Waals surface area contributed by atoms with Crippen LogP contribution in [-0.2, 0) is 10.0 Å². The van der Waals surface area contributed by atoms with Crippen molar-refractivity contribution in [3.05, 3.63) is 41.3 Å². The third kappa shape index (κ3) is 4.09. The first-order valence-electron chi connectivity index (χ1n) is 9.53. The molecule has 3 aliphatic rings. The van der Waals surface area contributed by atoms with Crippen molar-refractivity contribution in [1.82, 2.24) is 10.2 Å². The van der Waals surface area contributed by atoms with E-state index in [-0.39, 0.29) is 11.9 Å². The Morgan fingerprint density at radius 1 is 1.11 bits per heavy atom. The molecule has 1 amide bonds. The van der Waals surface area contributed by atoms with Gasteiger partial charge in [0.25, 0.3) is 5.91 Å². The number of benzene rings is 1. The highest BCUT2D eigenvalue weighted by atomic mass is 32.2. The topological polar surface area (TPSA) is 78.5 Å². The lowest BCUT2D eigenvalue weighted by Crippen LogP contribution is -2.62. The van der Waals surface area contributed by atoms with Crippen LogP contribution in [0.15, 0.2) is 36.4 Å². The maximum absolute atomic E-state index is 12.8. The number of nitrogens with one attached hydrogen (secondary N) is 2. The molecule has 28 heavy (non-hydrogen) atoms. The van der Waals surface area contributed by atoms with Gasteiger partial charge in [0.2, 0.25) is 10.0 Å². The molecule has 0 unspecified atom stereocenters. The minimum atomic E-state index is -3.29. The van der Waals surface area contributed by atoms with Crippen LogP contribution in [0.2, 0.25) is 0 Å².